The molecule has 0 aromatic heterocycles. The number of rotatable bonds is 7. The summed E-state index contributed by atoms with van der Waals surface area (Å²) in [6.07, 6.45) is 7.36. The van der Waals surface area contributed by atoms with Gasteiger partial charge in [0.1, 0.15) is 6.61 Å². The maximum Gasteiger partial charge on any atom is 0.280 e. The Morgan fingerprint density at radius 2 is 1.88 bits per heavy atom. The molecule has 124 valence electrons. The Labute approximate surface area is 144 Å². The Bertz CT molecular complexity index is 727. The third-order valence-electron chi connectivity index (χ3n) is 3.92. The van der Waals surface area contributed by atoms with Crippen LogP contribution >= 0.6 is 0 Å². The van der Waals surface area contributed by atoms with E-state index in [1.165, 1.54) is 16.7 Å². The summed E-state index contributed by atoms with van der Waals surface area (Å²) in [5.74, 6) is 1.03. The van der Waals surface area contributed by atoms with E-state index < -0.39 is 0 Å². The van der Waals surface area contributed by atoms with Crippen molar-refractivity contribution < 1.29 is 9.47 Å². The zero-order valence-electron chi connectivity index (χ0n) is 14.4. The third-order valence-corrected chi connectivity index (χ3v) is 3.92. The van der Waals surface area contributed by atoms with Crippen molar-refractivity contribution in [1.82, 2.24) is 0 Å². The lowest BCUT2D eigenvalue weighted by molar-refractivity contribution is 0.0212. The van der Waals surface area contributed by atoms with Gasteiger partial charge in [-0.1, -0.05) is 74.5 Å². The van der Waals surface area contributed by atoms with Crippen molar-refractivity contribution in [2.24, 2.45) is 5.92 Å². The lowest BCUT2D eigenvalue weighted by Gasteiger charge is -2.15. The predicted molar refractivity (Wildman–Crippen MR) is 99.2 cm³/mol. The van der Waals surface area contributed by atoms with Crippen molar-refractivity contribution in [3.8, 4) is 0 Å². The molecule has 2 heteroatoms. The summed E-state index contributed by atoms with van der Waals surface area (Å²) in [6, 6.07) is 16.5. The zero-order chi connectivity index (χ0) is 16.8. The van der Waals surface area contributed by atoms with Crippen molar-refractivity contribution in [3.05, 3.63) is 82.8 Å². The van der Waals surface area contributed by atoms with E-state index in [4.69, 9.17) is 9.47 Å². The van der Waals surface area contributed by atoms with Gasteiger partial charge in [-0.25, -0.2) is 0 Å². The first kappa shape index (κ1) is 16.4. The van der Waals surface area contributed by atoms with E-state index >= 15 is 0 Å². The third kappa shape index (κ3) is 4.29. The molecule has 2 aromatic rings. The molecular formula is C22H24O2. The van der Waals surface area contributed by atoms with Crippen LogP contribution in [-0.2, 0) is 22.5 Å². The molecule has 2 nitrogen and oxygen atoms in total. The summed E-state index contributed by atoms with van der Waals surface area (Å²) in [4.78, 5) is 0. The Kier molecular flexibility index (Phi) is 5.37. The summed E-state index contributed by atoms with van der Waals surface area (Å²) in [5.41, 5.74) is 4.94. The van der Waals surface area contributed by atoms with Crippen molar-refractivity contribution in [3.63, 3.8) is 0 Å². The second kappa shape index (κ2) is 7.87. The Morgan fingerprint density at radius 1 is 1.04 bits per heavy atom. The average Bonchev–Trinajstić information content (AvgIpc) is 3.07. The minimum Gasteiger partial charge on any atom is -0.465 e. The molecule has 1 aliphatic carbocycles. The van der Waals surface area contributed by atoms with Crippen LogP contribution in [0.15, 0.2) is 60.6 Å². The maximum absolute atomic E-state index is 6.01. The van der Waals surface area contributed by atoms with Crippen LogP contribution < -0.4 is 0 Å². The highest BCUT2D eigenvalue weighted by Crippen LogP contribution is 2.24. The molecule has 24 heavy (non-hydrogen) atoms. The highest BCUT2D eigenvalue weighted by atomic mass is 16.7. The van der Waals surface area contributed by atoms with Crippen molar-refractivity contribution in [1.29, 1.82) is 0 Å². The number of hydrogen-bond acceptors (Lipinski definition) is 2. The van der Waals surface area contributed by atoms with E-state index in [-0.39, 0.29) is 0 Å². The number of fused-ring (bicyclic) bond motifs is 1. The van der Waals surface area contributed by atoms with Crippen LogP contribution in [0, 0.1) is 5.92 Å². The van der Waals surface area contributed by atoms with Crippen LogP contribution in [0.4, 0.5) is 0 Å². The van der Waals surface area contributed by atoms with Crippen LogP contribution in [0.2, 0.25) is 0 Å². The number of hydrogen-bond donors (Lipinski definition) is 0. The van der Waals surface area contributed by atoms with Gasteiger partial charge in [0.2, 0.25) is 0 Å². The first-order chi connectivity index (χ1) is 11.7. The van der Waals surface area contributed by atoms with Crippen LogP contribution in [0.25, 0.3) is 12.2 Å². The second-order valence-electron chi connectivity index (χ2n) is 6.46. The molecule has 0 bridgehead atoms. The lowest BCUT2D eigenvalue weighted by atomic mass is 10.0. The number of ether oxygens (including phenoxy) is 2. The molecule has 0 amide bonds. The summed E-state index contributed by atoms with van der Waals surface area (Å²) >= 11 is 0. The van der Waals surface area contributed by atoms with Gasteiger partial charge in [-0.05, 0) is 34.6 Å². The van der Waals surface area contributed by atoms with Gasteiger partial charge >= 0.3 is 0 Å². The van der Waals surface area contributed by atoms with Gasteiger partial charge in [0.05, 0.1) is 6.61 Å². The van der Waals surface area contributed by atoms with Gasteiger partial charge in [-0.2, -0.15) is 0 Å². The average molecular weight is 320 g/mol. The van der Waals surface area contributed by atoms with Gasteiger partial charge < -0.3 is 9.47 Å². The molecule has 2 aromatic carbocycles. The normalized spacial score (nSPS) is 13.2. The SMILES string of the molecule is CC(C)COC(=Cc1ccccc1)OCc1cccc2c1C=CC2. The topological polar surface area (TPSA) is 18.5 Å². The van der Waals surface area contributed by atoms with Crippen LogP contribution in [0.3, 0.4) is 0 Å². The number of benzene rings is 2. The minimum atomic E-state index is 0.455. The summed E-state index contributed by atoms with van der Waals surface area (Å²) in [5, 5.41) is 0. The van der Waals surface area contributed by atoms with Crippen LogP contribution in [0.1, 0.15) is 36.1 Å². The van der Waals surface area contributed by atoms with E-state index in [1.807, 2.05) is 36.4 Å². The highest BCUT2D eigenvalue weighted by molar-refractivity contribution is 5.63. The quantitative estimate of drug-likeness (QED) is 0.632. The van der Waals surface area contributed by atoms with E-state index in [0.717, 1.165) is 12.0 Å². The molecule has 0 atom stereocenters. The minimum absolute atomic E-state index is 0.455. The molecule has 0 radical (unpaired) electrons. The van der Waals surface area contributed by atoms with Crippen molar-refractivity contribution in [2.45, 2.75) is 26.9 Å². The Balaban J connectivity index is 1.73. The Morgan fingerprint density at radius 3 is 2.67 bits per heavy atom. The van der Waals surface area contributed by atoms with Crippen molar-refractivity contribution >= 4 is 12.2 Å². The molecule has 0 heterocycles. The molecule has 0 aliphatic heterocycles. The first-order valence-electron chi connectivity index (χ1n) is 8.52. The fourth-order valence-corrected chi connectivity index (χ4v) is 2.70. The van der Waals surface area contributed by atoms with Gasteiger partial charge in [0.25, 0.3) is 5.95 Å². The monoisotopic (exact) mass is 320 g/mol. The molecule has 0 saturated carbocycles. The summed E-state index contributed by atoms with van der Waals surface area (Å²) in [7, 11) is 0. The molecule has 0 N–H and O–H groups in total. The predicted octanol–water partition coefficient (Wildman–Crippen LogP) is 5.44. The van der Waals surface area contributed by atoms with E-state index in [0.29, 0.717) is 25.1 Å². The van der Waals surface area contributed by atoms with Crippen LogP contribution in [-0.4, -0.2) is 6.61 Å². The standard InChI is InChI=1S/C22H24O2/c1-17(2)15-23-22(14-18-8-4-3-5-9-18)24-16-20-12-6-10-19-11-7-13-21(19)20/h3-10,12-14,17H,11,15-16H2,1-2H3. The molecule has 0 unspecified atom stereocenters. The van der Waals surface area contributed by atoms with E-state index in [9.17, 15) is 0 Å². The zero-order valence-corrected chi connectivity index (χ0v) is 14.4. The largest absolute Gasteiger partial charge is 0.465 e. The van der Waals surface area contributed by atoms with Gasteiger partial charge in [0.15, 0.2) is 0 Å². The van der Waals surface area contributed by atoms with E-state index in [1.54, 1.807) is 0 Å². The second-order valence-corrected chi connectivity index (χ2v) is 6.46. The summed E-state index contributed by atoms with van der Waals surface area (Å²) < 4.78 is 11.9. The van der Waals surface area contributed by atoms with Gasteiger partial charge in [0, 0.05) is 6.08 Å². The molecule has 3 rings (SSSR count). The highest BCUT2D eigenvalue weighted by Gasteiger charge is 2.11. The fourth-order valence-electron chi connectivity index (χ4n) is 2.70. The first-order valence-corrected chi connectivity index (χ1v) is 8.52. The molecule has 1 aliphatic rings. The van der Waals surface area contributed by atoms with Gasteiger partial charge in [-0.3, -0.25) is 0 Å². The smallest absolute Gasteiger partial charge is 0.280 e. The fraction of sp³-hybridized carbons (Fsp3) is 0.273. The van der Waals surface area contributed by atoms with Crippen molar-refractivity contribution in [2.75, 3.05) is 6.61 Å². The number of allylic oxidation sites excluding steroid dienone is 1. The molecule has 0 fully saturated rings. The maximum atomic E-state index is 6.01. The summed E-state index contributed by atoms with van der Waals surface area (Å²) in [6.45, 7) is 5.43. The van der Waals surface area contributed by atoms with Crippen LogP contribution in [0.5, 0.6) is 0 Å². The molecule has 0 saturated heterocycles. The lowest BCUT2D eigenvalue weighted by Crippen LogP contribution is -2.05. The molecular weight excluding hydrogens is 296 g/mol. The van der Waals surface area contributed by atoms with E-state index in [2.05, 4.69) is 44.2 Å². The van der Waals surface area contributed by atoms with Gasteiger partial charge in [-0.15, -0.1) is 0 Å². The Hall–Kier alpha value is -2.48. The molecule has 0 spiro atoms.